The standard InChI is InChI=1S/C20H14BrClN2O6/c1-10-2-4-12(8-15(10)22)24-19(28)13(18(27)23-20(24)29)6-11-3-5-16(14(21)7-11)30-9-17(25)26/h2-8H,9H2,1H3,(H,25,26)(H,23,27,29)/b13-6-. The van der Waals surface area contributed by atoms with Gasteiger partial charge in [-0.05, 0) is 64.3 Å². The highest BCUT2D eigenvalue weighted by Crippen LogP contribution is 2.29. The van der Waals surface area contributed by atoms with Crippen molar-refractivity contribution in [1.29, 1.82) is 0 Å². The van der Waals surface area contributed by atoms with Crippen molar-refractivity contribution in [2.24, 2.45) is 0 Å². The van der Waals surface area contributed by atoms with Crippen LogP contribution in [-0.4, -0.2) is 35.5 Å². The minimum atomic E-state index is -1.13. The van der Waals surface area contributed by atoms with Gasteiger partial charge in [-0.2, -0.15) is 0 Å². The molecule has 10 heteroatoms. The Morgan fingerprint density at radius 2 is 1.97 bits per heavy atom. The van der Waals surface area contributed by atoms with E-state index in [2.05, 4.69) is 21.2 Å². The number of ether oxygens (including phenoxy) is 1. The fourth-order valence-electron chi connectivity index (χ4n) is 2.64. The molecule has 0 atom stereocenters. The highest BCUT2D eigenvalue weighted by atomic mass is 79.9. The number of hydrogen-bond acceptors (Lipinski definition) is 5. The van der Waals surface area contributed by atoms with E-state index in [1.807, 2.05) is 0 Å². The first kappa shape index (κ1) is 21.5. The highest BCUT2D eigenvalue weighted by Gasteiger charge is 2.37. The number of nitrogens with zero attached hydrogens (tertiary/aromatic N) is 1. The normalized spacial score (nSPS) is 15.4. The summed E-state index contributed by atoms with van der Waals surface area (Å²) in [6, 6.07) is 8.39. The van der Waals surface area contributed by atoms with E-state index in [4.69, 9.17) is 21.4 Å². The summed E-state index contributed by atoms with van der Waals surface area (Å²) in [6.45, 7) is 1.26. The number of hydrogen-bond donors (Lipinski definition) is 2. The summed E-state index contributed by atoms with van der Waals surface area (Å²) in [6.07, 6.45) is 1.32. The largest absolute Gasteiger partial charge is 0.481 e. The fourth-order valence-corrected chi connectivity index (χ4v) is 3.33. The summed E-state index contributed by atoms with van der Waals surface area (Å²) in [7, 11) is 0. The van der Waals surface area contributed by atoms with Crippen molar-refractivity contribution < 1.29 is 29.0 Å². The fraction of sp³-hybridized carbons (Fsp3) is 0.100. The summed E-state index contributed by atoms with van der Waals surface area (Å²) < 4.78 is 5.55. The van der Waals surface area contributed by atoms with Gasteiger partial charge in [0.25, 0.3) is 11.8 Å². The molecule has 30 heavy (non-hydrogen) atoms. The smallest absolute Gasteiger partial charge is 0.341 e. The molecule has 0 aromatic heterocycles. The third kappa shape index (κ3) is 4.52. The number of amides is 4. The van der Waals surface area contributed by atoms with Gasteiger partial charge in [0.2, 0.25) is 0 Å². The van der Waals surface area contributed by atoms with E-state index in [9.17, 15) is 19.2 Å². The van der Waals surface area contributed by atoms with Crippen LogP contribution in [0.1, 0.15) is 11.1 Å². The molecule has 0 bridgehead atoms. The average molecular weight is 494 g/mol. The predicted octanol–water partition coefficient (Wildman–Crippen LogP) is 3.54. The molecule has 2 aromatic carbocycles. The molecule has 4 amide bonds. The summed E-state index contributed by atoms with van der Waals surface area (Å²) in [5, 5.41) is 11.2. The molecule has 0 unspecified atom stereocenters. The van der Waals surface area contributed by atoms with Crippen molar-refractivity contribution in [3.63, 3.8) is 0 Å². The molecule has 2 aromatic rings. The van der Waals surface area contributed by atoms with E-state index < -0.39 is 30.4 Å². The Morgan fingerprint density at radius 1 is 1.23 bits per heavy atom. The molecule has 2 N–H and O–H groups in total. The lowest BCUT2D eigenvalue weighted by Gasteiger charge is -2.26. The Kier molecular flexibility index (Phi) is 6.23. The predicted molar refractivity (Wildman–Crippen MR) is 112 cm³/mol. The van der Waals surface area contributed by atoms with E-state index in [1.54, 1.807) is 31.2 Å². The van der Waals surface area contributed by atoms with Crippen LogP contribution in [-0.2, 0) is 14.4 Å². The van der Waals surface area contributed by atoms with Crippen molar-refractivity contribution in [3.05, 3.63) is 62.6 Å². The van der Waals surface area contributed by atoms with Crippen LogP contribution in [0.5, 0.6) is 5.75 Å². The minimum Gasteiger partial charge on any atom is -0.481 e. The van der Waals surface area contributed by atoms with Crippen LogP contribution in [0.15, 0.2) is 46.4 Å². The second kappa shape index (κ2) is 8.68. The van der Waals surface area contributed by atoms with Crippen LogP contribution in [0.4, 0.5) is 10.5 Å². The molecule has 1 fully saturated rings. The number of aryl methyl sites for hydroxylation is 1. The zero-order chi connectivity index (χ0) is 22.0. The molecule has 8 nitrogen and oxygen atoms in total. The number of aliphatic carboxylic acids is 1. The van der Waals surface area contributed by atoms with Crippen LogP contribution in [0, 0.1) is 6.92 Å². The quantitative estimate of drug-likeness (QED) is 0.487. The van der Waals surface area contributed by atoms with E-state index in [0.29, 0.717) is 15.1 Å². The first-order valence-corrected chi connectivity index (χ1v) is 9.66. The number of barbiturate groups is 1. The SMILES string of the molecule is Cc1ccc(N2C(=O)NC(=O)/C(=C/c3ccc(OCC(=O)O)c(Br)c3)C2=O)cc1Cl. The average Bonchev–Trinajstić information content (AvgIpc) is 2.67. The lowest BCUT2D eigenvalue weighted by atomic mass is 10.1. The van der Waals surface area contributed by atoms with E-state index in [1.165, 1.54) is 18.2 Å². The van der Waals surface area contributed by atoms with E-state index >= 15 is 0 Å². The van der Waals surface area contributed by atoms with E-state index in [-0.39, 0.29) is 17.0 Å². The molecular weight excluding hydrogens is 480 g/mol. The van der Waals surface area contributed by atoms with Gasteiger partial charge in [-0.3, -0.25) is 14.9 Å². The molecule has 1 heterocycles. The topological polar surface area (TPSA) is 113 Å². The van der Waals surface area contributed by atoms with Crippen LogP contribution >= 0.6 is 27.5 Å². The first-order valence-electron chi connectivity index (χ1n) is 8.49. The van der Waals surface area contributed by atoms with Gasteiger partial charge in [0, 0.05) is 5.02 Å². The van der Waals surface area contributed by atoms with Gasteiger partial charge in [0.05, 0.1) is 10.2 Å². The highest BCUT2D eigenvalue weighted by molar-refractivity contribution is 9.10. The van der Waals surface area contributed by atoms with Crippen LogP contribution in [0.3, 0.4) is 0 Å². The second-order valence-electron chi connectivity index (χ2n) is 6.26. The summed E-state index contributed by atoms with van der Waals surface area (Å²) in [5.41, 5.74) is 1.20. The van der Waals surface area contributed by atoms with E-state index in [0.717, 1.165) is 10.5 Å². The molecule has 1 aliphatic heterocycles. The number of imide groups is 2. The summed E-state index contributed by atoms with van der Waals surface area (Å²) in [4.78, 5) is 48.9. The van der Waals surface area contributed by atoms with Crippen LogP contribution in [0.2, 0.25) is 5.02 Å². The van der Waals surface area contributed by atoms with Gasteiger partial charge in [0.15, 0.2) is 6.61 Å². The minimum absolute atomic E-state index is 0.227. The monoisotopic (exact) mass is 492 g/mol. The zero-order valence-electron chi connectivity index (χ0n) is 15.4. The molecule has 3 rings (SSSR count). The molecule has 0 spiro atoms. The number of rotatable bonds is 5. The molecule has 0 radical (unpaired) electrons. The number of carbonyl (C=O) groups excluding carboxylic acids is 3. The third-order valence-corrected chi connectivity index (χ3v) is 5.16. The lowest BCUT2D eigenvalue weighted by Crippen LogP contribution is -2.54. The third-order valence-electron chi connectivity index (χ3n) is 4.13. The van der Waals surface area contributed by atoms with Gasteiger partial charge in [0.1, 0.15) is 11.3 Å². The van der Waals surface area contributed by atoms with Gasteiger partial charge in [-0.1, -0.05) is 23.7 Å². The van der Waals surface area contributed by atoms with Gasteiger partial charge in [-0.15, -0.1) is 0 Å². The molecule has 1 aliphatic rings. The number of nitrogens with one attached hydrogen (secondary N) is 1. The Balaban J connectivity index is 1.93. The van der Waals surface area contributed by atoms with Gasteiger partial charge in [-0.25, -0.2) is 14.5 Å². The Bertz CT molecular complexity index is 1110. The van der Waals surface area contributed by atoms with Crippen molar-refractivity contribution >= 4 is 63.1 Å². The molecular formula is C20H14BrClN2O6. The lowest BCUT2D eigenvalue weighted by molar-refractivity contribution is -0.139. The second-order valence-corrected chi connectivity index (χ2v) is 7.53. The molecule has 154 valence electrons. The molecule has 0 aliphatic carbocycles. The van der Waals surface area contributed by atoms with Crippen molar-refractivity contribution in [1.82, 2.24) is 5.32 Å². The summed E-state index contributed by atoms with van der Waals surface area (Å²) in [5.74, 6) is -2.48. The number of carbonyl (C=O) groups is 4. The number of carboxylic acids is 1. The van der Waals surface area contributed by atoms with Gasteiger partial charge < -0.3 is 9.84 Å². The first-order chi connectivity index (χ1) is 14.2. The Hall–Kier alpha value is -3.17. The molecule has 1 saturated heterocycles. The number of urea groups is 1. The maximum Gasteiger partial charge on any atom is 0.341 e. The number of anilines is 1. The maximum atomic E-state index is 12.9. The number of carboxylic acid groups (broad SMARTS) is 1. The van der Waals surface area contributed by atoms with Gasteiger partial charge >= 0.3 is 12.0 Å². The number of halogens is 2. The van der Waals surface area contributed by atoms with Crippen LogP contribution < -0.4 is 15.0 Å². The number of benzene rings is 2. The van der Waals surface area contributed by atoms with Crippen molar-refractivity contribution in [2.45, 2.75) is 6.92 Å². The van der Waals surface area contributed by atoms with Crippen molar-refractivity contribution in [3.8, 4) is 5.75 Å². The maximum absolute atomic E-state index is 12.9. The Labute approximate surface area is 184 Å². The molecule has 0 saturated carbocycles. The van der Waals surface area contributed by atoms with Crippen LogP contribution in [0.25, 0.3) is 6.08 Å². The van der Waals surface area contributed by atoms with Crippen molar-refractivity contribution in [2.75, 3.05) is 11.5 Å². The summed E-state index contributed by atoms with van der Waals surface area (Å²) >= 11 is 9.35. The Morgan fingerprint density at radius 3 is 2.60 bits per heavy atom. The zero-order valence-corrected chi connectivity index (χ0v) is 17.8.